The number of anilines is 3. The minimum absolute atomic E-state index is 0.136. The van der Waals surface area contributed by atoms with Gasteiger partial charge in [-0.15, -0.1) is 0 Å². The molecular weight excluding hydrogens is 687 g/mol. The maximum atomic E-state index is 2.55. The SMILES string of the molecule is CC1(C)c2ccc(-c3ccccc3-c3ccccc3)cc2-c2ccc(N(c3ccc(C4CC5CCC4C5)cc3)c3cccc4cc(C5CCCCC5)ccc34)cc21. The molecule has 7 aromatic carbocycles. The van der Waals surface area contributed by atoms with Gasteiger partial charge in [-0.3, -0.25) is 0 Å². The molecule has 1 nitrogen and oxygen atoms in total. The molecule has 3 fully saturated rings. The second kappa shape index (κ2) is 13.9. The van der Waals surface area contributed by atoms with Crippen LogP contribution < -0.4 is 4.90 Å². The molecule has 282 valence electrons. The van der Waals surface area contributed by atoms with Gasteiger partial charge in [-0.1, -0.05) is 155 Å². The molecule has 0 aromatic heterocycles. The first-order chi connectivity index (χ1) is 28.0. The summed E-state index contributed by atoms with van der Waals surface area (Å²) in [5.41, 5.74) is 17.2. The second-order valence-electron chi connectivity index (χ2n) is 18.3. The van der Waals surface area contributed by atoms with Crippen LogP contribution in [0.5, 0.6) is 0 Å². The van der Waals surface area contributed by atoms with E-state index in [2.05, 4.69) is 170 Å². The van der Waals surface area contributed by atoms with E-state index in [1.807, 2.05) is 0 Å². The van der Waals surface area contributed by atoms with E-state index < -0.39 is 0 Å². The van der Waals surface area contributed by atoms with Crippen molar-refractivity contribution in [1.29, 1.82) is 0 Å². The fourth-order valence-electron chi connectivity index (χ4n) is 11.8. The molecule has 0 N–H and O–H groups in total. The lowest BCUT2D eigenvalue weighted by molar-refractivity contribution is 0.420. The Hall–Kier alpha value is -5.40. The summed E-state index contributed by atoms with van der Waals surface area (Å²) in [6.07, 6.45) is 12.4. The fourth-order valence-corrected chi connectivity index (χ4v) is 11.8. The van der Waals surface area contributed by atoms with E-state index in [0.29, 0.717) is 5.92 Å². The summed E-state index contributed by atoms with van der Waals surface area (Å²) >= 11 is 0. The lowest BCUT2D eigenvalue weighted by atomic mass is 9.81. The van der Waals surface area contributed by atoms with E-state index in [1.54, 1.807) is 0 Å². The van der Waals surface area contributed by atoms with Gasteiger partial charge in [-0.05, 0) is 153 Å². The minimum atomic E-state index is -0.136. The third-order valence-corrected chi connectivity index (χ3v) is 14.8. The third kappa shape index (κ3) is 5.96. The summed E-state index contributed by atoms with van der Waals surface area (Å²) in [6.45, 7) is 4.83. The van der Waals surface area contributed by atoms with Crippen LogP contribution in [0.3, 0.4) is 0 Å². The smallest absolute Gasteiger partial charge is 0.0540 e. The van der Waals surface area contributed by atoms with Gasteiger partial charge in [0.15, 0.2) is 0 Å². The van der Waals surface area contributed by atoms with Gasteiger partial charge in [-0.25, -0.2) is 0 Å². The van der Waals surface area contributed by atoms with Crippen molar-refractivity contribution < 1.29 is 0 Å². The van der Waals surface area contributed by atoms with Crippen LogP contribution in [-0.4, -0.2) is 0 Å². The summed E-state index contributed by atoms with van der Waals surface area (Å²) in [6, 6.07) is 58.2. The normalized spacial score (nSPS) is 20.8. The molecule has 0 radical (unpaired) electrons. The molecule has 3 saturated carbocycles. The summed E-state index contributed by atoms with van der Waals surface area (Å²) < 4.78 is 0. The van der Waals surface area contributed by atoms with Crippen molar-refractivity contribution in [3.8, 4) is 33.4 Å². The van der Waals surface area contributed by atoms with Crippen molar-refractivity contribution in [2.24, 2.45) is 11.8 Å². The van der Waals surface area contributed by atoms with Crippen LogP contribution in [0, 0.1) is 11.8 Å². The maximum Gasteiger partial charge on any atom is 0.0540 e. The van der Waals surface area contributed by atoms with Crippen LogP contribution in [0.4, 0.5) is 17.1 Å². The van der Waals surface area contributed by atoms with Gasteiger partial charge >= 0.3 is 0 Å². The van der Waals surface area contributed by atoms with Gasteiger partial charge in [0.25, 0.3) is 0 Å². The van der Waals surface area contributed by atoms with Crippen molar-refractivity contribution in [3.63, 3.8) is 0 Å². The van der Waals surface area contributed by atoms with Crippen LogP contribution in [0.25, 0.3) is 44.2 Å². The van der Waals surface area contributed by atoms with Crippen LogP contribution in [-0.2, 0) is 5.41 Å². The molecule has 3 unspecified atom stereocenters. The number of nitrogens with zero attached hydrogens (tertiary/aromatic N) is 1. The molecule has 57 heavy (non-hydrogen) atoms. The first-order valence-corrected chi connectivity index (χ1v) is 21.9. The molecule has 0 spiro atoms. The largest absolute Gasteiger partial charge is 0.310 e. The Morgan fingerprint density at radius 2 is 1.25 bits per heavy atom. The Kier molecular flexibility index (Phi) is 8.50. The van der Waals surface area contributed by atoms with Gasteiger partial charge in [0.1, 0.15) is 0 Å². The molecule has 0 amide bonds. The number of fused-ring (bicyclic) bond motifs is 6. The lowest BCUT2D eigenvalue weighted by Crippen LogP contribution is -2.17. The quantitative estimate of drug-likeness (QED) is 0.157. The number of hydrogen-bond donors (Lipinski definition) is 0. The van der Waals surface area contributed by atoms with Crippen molar-refractivity contribution >= 4 is 27.8 Å². The molecule has 0 aliphatic heterocycles. The maximum absolute atomic E-state index is 2.55. The molecule has 2 bridgehead atoms. The first kappa shape index (κ1) is 34.8. The predicted molar refractivity (Wildman–Crippen MR) is 241 cm³/mol. The zero-order chi connectivity index (χ0) is 38.1. The van der Waals surface area contributed by atoms with Crippen LogP contribution in [0.15, 0.2) is 152 Å². The second-order valence-corrected chi connectivity index (χ2v) is 18.3. The van der Waals surface area contributed by atoms with Crippen molar-refractivity contribution in [3.05, 3.63) is 174 Å². The third-order valence-electron chi connectivity index (χ3n) is 14.8. The van der Waals surface area contributed by atoms with E-state index >= 15 is 0 Å². The van der Waals surface area contributed by atoms with Crippen molar-refractivity contribution in [2.75, 3.05) is 4.90 Å². The lowest BCUT2D eigenvalue weighted by Gasteiger charge is -2.30. The fraction of sp³-hybridized carbons (Fsp3) is 0.286. The number of benzene rings is 7. The zero-order valence-corrected chi connectivity index (χ0v) is 33.6. The first-order valence-electron chi connectivity index (χ1n) is 21.9. The summed E-state index contributed by atoms with van der Waals surface area (Å²) in [4.78, 5) is 2.55. The summed E-state index contributed by atoms with van der Waals surface area (Å²) in [7, 11) is 0. The Balaban J connectivity index is 1.02. The van der Waals surface area contributed by atoms with Crippen LogP contribution in [0.2, 0.25) is 0 Å². The standard InChI is InChI=1S/C56H53N/c1-56(2)53-31-25-44(48-18-10-9-17-47(48)39-14-7-4-8-15-39)35-52(53)50-30-28-46(36-54(50)56)57(45-26-22-40(23-27-45)51-33-37-20-21-43(51)32-37)55-19-11-16-42-34-41(24-29-49(42)55)38-12-5-3-6-13-38/h4,7-11,14-19,22-31,34-38,43,51H,3,5-6,12-13,20-21,32-33H2,1-2H3. The predicted octanol–water partition coefficient (Wildman–Crippen LogP) is 15.9. The van der Waals surface area contributed by atoms with Crippen molar-refractivity contribution in [2.45, 2.75) is 88.9 Å². The minimum Gasteiger partial charge on any atom is -0.310 e. The number of rotatable bonds is 7. The van der Waals surface area contributed by atoms with E-state index in [0.717, 1.165) is 17.8 Å². The summed E-state index contributed by atoms with van der Waals surface area (Å²) in [5, 5.41) is 2.66. The Morgan fingerprint density at radius 3 is 2.02 bits per heavy atom. The Labute approximate surface area is 339 Å². The van der Waals surface area contributed by atoms with Gasteiger partial charge in [0.05, 0.1) is 5.69 Å². The molecule has 4 aliphatic rings. The average molecular weight is 740 g/mol. The highest BCUT2D eigenvalue weighted by Crippen LogP contribution is 2.54. The number of hydrogen-bond acceptors (Lipinski definition) is 1. The zero-order valence-electron chi connectivity index (χ0n) is 33.6. The van der Waals surface area contributed by atoms with Gasteiger partial charge < -0.3 is 4.90 Å². The molecule has 0 heterocycles. The van der Waals surface area contributed by atoms with Crippen LogP contribution >= 0.6 is 0 Å². The van der Waals surface area contributed by atoms with Crippen molar-refractivity contribution in [1.82, 2.24) is 0 Å². The van der Waals surface area contributed by atoms with E-state index in [9.17, 15) is 0 Å². The molecule has 1 heteroatoms. The highest BCUT2D eigenvalue weighted by atomic mass is 15.1. The van der Waals surface area contributed by atoms with Crippen LogP contribution in [0.1, 0.15) is 106 Å². The monoisotopic (exact) mass is 739 g/mol. The van der Waals surface area contributed by atoms with Gasteiger partial charge in [-0.2, -0.15) is 0 Å². The topological polar surface area (TPSA) is 3.24 Å². The molecule has 3 atom stereocenters. The van der Waals surface area contributed by atoms with Gasteiger partial charge in [0.2, 0.25) is 0 Å². The average Bonchev–Trinajstić information content (AvgIpc) is 3.97. The molecule has 0 saturated heterocycles. The molecule has 11 rings (SSSR count). The molecule has 7 aromatic rings. The van der Waals surface area contributed by atoms with E-state index in [1.165, 1.54) is 141 Å². The van der Waals surface area contributed by atoms with E-state index in [-0.39, 0.29) is 5.41 Å². The highest BCUT2D eigenvalue weighted by Gasteiger charge is 2.40. The Bertz CT molecular complexity index is 2610. The molecule has 4 aliphatic carbocycles. The molecular formula is C56H53N. The Morgan fingerprint density at radius 1 is 0.491 bits per heavy atom. The van der Waals surface area contributed by atoms with Gasteiger partial charge in [0, 0.05) is 22.2 Å². The van der Waals surface area contributed by atoms with E-state index in [4.69, 9.17) is 0 Å². The highest BCUT2D eigenvalue weighted by molar-refractivity contribution is 6.00. The summed E-state index contributed by atoms with van der Waals surface area (Å²) in [5.74, 6) is 3.24.